The van der Waals surface area contributed by atoms with Gasteiger partial charge in [-0.15, -0.1) is 0 Å². The highest BCUT2D eigenvalue weighted by molar-refractivity contribution is 6.31. The highest BCUT2D eigenvalue weighted by atomic mass is 35.5. The van der Waals surface area contributed by atoms with E-state index in [4.69, 9.17) is 16.9 Å². The molecule has 2 rings (SSSR count). The molecule has 2 aromatic rings. The fraction of sp³-hybridized carbons (Fsp3) is 0.188. The van der Waals surface area contributed by atoms with Gasteiger partial charge < -0.3 is 5.32 Å². The zero-order valence-electron chi connectivity index (χ0n) is 11.0. The molecular formula is C16H14ClFN2. The van der Waals surface area contributed by atoms with Crippen LogP contribution in [0.15, 0.2) is 42.5 Å². The molecule has 0 spiro atoms. The zero-order valence-corrected chi connectivity index (χ0v) is 11.8. The normalized spacial score (nSPS) is 11.9. The number of nitrogens with zero attached hydrogens (tertiary/aromatic N) is 1. The topological polar surface area (TPSA) is 35.8 Å². The van der Waals surface area contributed by atoms with Gasteiger partial charge in [0.1, 0.15) is 5.82 Å². The molecule has 4 heteroatoms. The Kier molecular flexibility index (Phi) is 4.73. The van der Waals surface area contributed by atoms with Crippen LogP contribution >= 0.6 is 11.6 Å². The molecule has 0 amide bonds. The van der Waals surface area contributed by atoms with Crippen LogP contribution in [0.3, 0.4) is 0 Å². The number of hydrogen-bond donors (Lipinski definition) is 1. The second kappa shape index (κ2) is 6.51. The monoisotopic (exact) mass is 288 g/mol. The van der Waals surface area contributed by atoms with E-state index in [1.54, 1.807) is 0 Å². The van der Waals surface area contributed by atoms with Crippen molar-refractivity contribution in [1.82, 2.24) is 5.32 Å². The molecule has 0 fully saturated rings. The van der Waals surface area contributed by atoms with Crippen LogP contribution in [0, 0.1) is 17.1 Å². The van der Waals surface area contributed by atoms with Gasteiger partial charge in [0, 0.05) is 17.6 Å². The molecule has 1 atom stereocenters. The van der Waals surface area contributed by atoms with Crippen molar-refractivity contribution in [3.8, 4) is 6.07 Å². The Bertz CT molecular complexity index is 649. The maximum absolute atomic E-state index is 13.2. The van der Waals surface area contributed by atoms with Crippen molar-refractivity contribution in [2.75, 3.05) is 0 Å². The standard InChI is InChI=1S/C16H14ClFN2/c1-11(15-4-2-3-5-16(15)17)20-10-13-8-14(18)7-6-12(13)9-19/h2-8,11,20H,10H2,1H3. The molecule has 102 valence electrons. The first-order valence-corrected chi connectivity index (χ1v) is 6.66. The molecule has 2 nitrogen and oxygen atoms in total. The molecule has 0 aliphatic carbocycles. The van der Waals surface area contributed by atoms with Crippen molar-refractivity contribution < 1.29 is 4.39 Å². The summed E-state index contributed by atoms with van der Waals surface area (Å²) in [6.45, 7) is 2.39. The Hall–Kier alpha value is -1.89. The Balaban J connectivity index is 2.11. The fourth-order valence-electron chi connectivity index (χ4n) is 2.02. The summed E-state index contributed by atoms with van der Waals surface area (Å²) in [5.74, 6) is -0.341. The highest BCUT2D eigenvalue weighted by Crippen LogP contribution is 2.22. The van der Waals surface area contributed by atoms with E-state index in [0.717, 1.165) is 5.56 Å². The minimum Gasteiger partial charge on any atom is -0.306 e. The summed E-state index contributed by atoms with van der Waals surface area (Å²) < 4.78 is 13.2. The highest BCUT2D eigenvalue weighted by Gasteiger charge is 2.10. The van der Waals surface area contributed by atoms with E-state index in [1.165, 1.54) is 18.2 Å². The Morgan fingerprint density at radius 2 is 2.05 bits per heavy atom. The van der Waals surface area contributed by atoms with E-state index in [2.05, 4.69) is 11.4 Å². The summed E-state index contributed by atoms with van der Waals surface area (Å²) in [6.07, 6.45) is 0. The van der Waals surface area contributed by atoms with E-state index in [9.17, 15) is 4.39 Å². The molecule has 0 aliphatic heterocycles. The maximum Gasteiger partial charge on any atom is 0.123 e. The third-order valence-electron chi connectivity index (χ3n) is 3.16. The molecule has 20 heavy (non-hydrogen) atoms. The molecule has 0 radical (unpaired) electrons. The predicted octanol–water partition coefficient (Wildman–Crippen LogP) is 4.20. The molecule has 1 unspecified atom stereocenters. The van der Waals surface area contributed by atoms with Crippen molar-refractivity contribution in [1.29, 1.82) is 5.26 Å². The number of nitriles is 1. The van der Waals surface area contributed by atoms with Crippen molar-refractivity contribution in [2.24, 2.45) is 0 Å². The lowest BCUT2D eigenvalue weighted by Gasteiger charge is -2.16. The van der Waals surface area contributed by atoms with Gasteiger partial charge >= 0.3 is 0 Å². The van der Waals surface area contributed by atoms with Crippen LogP contribution in [0.1, 0.15) is 29.7 Å². The van der Waals surface area contributed by atoms with Crippen molar-refractivity contribution in [3.05, 3.63) is 70.0 Å². The quantitative estimate of drug-likeness (QED) is 0.915. The lowest BCUT2D eigenvalue weighted by Crippen LogP contribution is -2.19. The number of halogens is 2. The van der Waals surface area contributed by atoms with Gasteiger partial charge in [-0.25, -0.2) is 4.39 Å². The predicted molar refractivity (Wildman–Crippen MR) is 77.8 cm³/mol. The van der Waals surface area contributed by atoms with Crippen LogP contribution in [-0.4, -0.2) is 0 Å². The second-order valence-corrected chi connectivity index (χ2v) is 4.94. The van der Waals surface area contributed by atoms with Crippen LogP contribution in [-0.2, 0) is 6.54 Å². The average molecular weight is 289 g/mol. The van der Waals surface area contributed by atoms with E-state index in [1.807, 2.05) is 31.2 Å². The van der Waals surface area contributed by atoms with Gasteiger partial charge in [0.2, 0.25) is 0 Å². The minimum atomic E-state index is -0.341. The number of hydrogen-bond acceptors (Lipinski definition) is 2. The van der Waals surface area contributed by atoms with Gasteiger partial charge in [-0.1, -0.05) is 29.8 Å². The van der Waals surface area contributed by atoms with Gasteiger partial charge in [-0.05, 0) is 42.3 Å². The molecule has 0 aromatic heterocycles. The Labute approximate surface area is 122 Å². The first kappa shape index (κ1) is 14.5. The number of rotatable bonds is 4. The summed E-state index contributed by atoms with van der Waals surface area (Å²) in [4.78, 5) is 0. The van der Waals surface area contributed by atoms with Crippen LogP contribution in [0.25, 0.3) is 0 Å². The Morgan fingerprint density at radius 1 is 1.30 bits per heavy atom. The van der Waals surface area contributed by atoms with Gasteiger partial charge in [0.25, 0.3) is 0 Å². The van der Waals surface area contributed by atoms with Crippen LogP contribution in [0.4, 0.5) is 4.39 Å². The molecule has 2 aromatic carbocycles. The molecule has 0 saturated heterocycles. The summed E-state index contributed by atoms with van der Waals surface area (Å²) in [5.41, 5.74) is 2.10. The first-order valence-electron chi connectivity index (χ1n) is 6.28. The maximum atomic E-state index is 13.2. The second-order valence-electron chi connectivity index (χ2n) is 4.54. The third kappa shape index (κ3) is 3.36. The van der Waals surface area contributed by atoms with Gasteiger partial charge in [0.15, 0.2) is 0 Å². The van der Waals surface area contributed by atoms with Gasteiger partial charge in [0.05, 0.1) is 11.6 Å². The molecule has 0 saturated carbocycles. The van der Waals surface area contributed by atoms with Crippen molar-refractivity contribution in [3.63, 3.8) is 0 Å². The van der Waals surface area contributed by atoms with E-state index >= 15 is 0 Å². The molecule has 0 aliphatic rings. The van der Waals surface area contributed by atoms with E-state index in [0.29, 0.717) is 22.7 Å². The molecular weight excluding hydrogens is 275 g/mol. The van der Waals surface area contributed by atoms with Crippen LogP contribution in [0.5, 0.6) is 0 Å². The van der Waals surface area contributed by atoms with Gasteiger partial charge in [-0.2, -0.15) is 5.26 Å². The summed E-state index contributed by atoms with van der Waals surface area (Å²) in [5, 5.41) is 13.0. The Morgan fingerprint density at radius 3 is 2.75 bits per heavy atom. The lowest BCUT2D eigenvalue weighted by molar-refractivity contribution is 0.569. The molecule has 0 heterocycles. The van der Waals surface area contributed by atoms with E-state index in [-0.39, 0.29) is 11.9 Å². The summed E-state index contributed by atoms with van der Waals surface area (Å²) in [7, 11) is 0. The summed E-state index contributed by atoms with van der Waals surface area (Å²) >= 11 is 6.13. The van der Waals surface area contributed by atoms with Crippen LogP contribution in [0.2, 0.25) is 5.02 Å². The smallest absolute Gasteiger partial charge is 0.123 e. The lowest BCUT2D eigenvalue weighted by atomic mass is 10.1. The SMILES string of the molecule is CC(NCc1cc(F)ccc1C#N)c1ccccc1Cl. The number of nitrogens with one attached hydrogen (secondary N) is 1. The molecule has 0 bridgehead atoms. The summed E-state index contributed by atoms with van der Waals surface area (Å²) in [6, 6.07) is 13.8. The van der Waals surface area contributed by atoms with Crippen LogP contribution < -0.4 is 5.32 Å². The van der Waals surface area contributed by atoms with Crippen molar-refractivity contribution >= 4 is 11.6 Å². The van der Waals surface area contributed by atoms with E-state index < -0.39 is 0 Å². The van der Waals surface area contributed by atoms with Gasteiger partial charge in [-0.3, -0.25) is 0 Å². The third-order valence-corrected chi connectivity index (χ3v) is 3.50. The molecule has 1 N–H and O–H groups in total. The average Bonchev–Trinajstić information content (AvgIpc) is 2.45. The van der Waals surface area contributed by atoms with Crippen molar-refractivity contribution in [2.45, 2.75) is 19.5 Å². The fourth-order valence-corrected chi connectivity index (χ4v) is 2.32. The minimum absolute atomic E-state index is 0.0125. The number of benzene rings is 2. The first-order chi connectivity index (χ1) is 9.61. The largest absolute Gasteiger partial charge is 0.306 e. The zero-order chi connectivity index (χ0) is 14.5.